The van der Waals surface area contributed by atoms with Gasteiger partial charge in [-0.25, -0.2) is 0 Å². The van der Waals surface area contributed by atoms with Crippen molar-refractivity contribution >= 4 is 15.9 Å². The van der Waals surface area contributed by atoms with Crippen molar-refractivity contribution in [2.45, 2.75) is 18.8 Å². The van der Waals surface area contributed by atoms with Gasteiger partial charge in [0, 0.05) is 23.2 Å². The number of hydrogen-bond donors (Lipinski definition) is 0. The largest absolute Gasteiger partial charge is 0.381 e. The van der Waals surface area contributed by atoms with Crippen LogP contribution in [-0.2, 0) is 4.74 Å². The van der Waals surface area contributed by atoms with Crippen LogP contribution in [0.5, 0.6) is 0 Å². The monoisotopic (exact) mass is 264 g/mol. The second-order valence-corrected chi connectivity index (χ2v) is 4.68. The summed E-state index contributed by atoms with van der Waals surface area (Å²) >= 11 is 3.44. The average Bonchev–Trinajstić information content (AvgIpc) is 2.30. The molecular formula is C13H13BrO. The molecule has 0 spiro atoms. The highest BCUT2D eigenvalue weighted by molar-refractivity contribution is 9.10. The molecule has 0 atom stereocenters. The number of hydrogen-bond acceptors (Lipinski definition) is 1. The third kappa shape index (κ3) is 2.42. The van der Waals surface area contributed by atoms with E-state index in [0.29, 0.717) is 5.92 Å². The third-order valence-corrected chi connectivity index (χ3v) is 3.33. The van der Waals surface area contributed by atoms with Crippen molar-refractivity contribution in [2.24, 2.45) is 0 Å². The fourth-order valence-corrected chi connectivity index (χ4v) is 2.38. The maximum absolute atomic E-state index is 5.52. The molecule has 1 aromatic carbocycles. The van der Waals surface area contributed by atoms with E-state index in [-0.39, 0.29) is 0 Å². The summed E-state index contributed by atoms with van der Waals surface area (Å²) in [5.74, 6) is 3.33. The lowest BCUT2D eigenvalue weighted by atomic mass is 9.88. The van der Waals surface area contributed by atoms with Gasteiger partial charge in [-0.1, -0.05) is 27.9 Å². The Balaban J connectivity index is 2.30. The van der Waals surface area contributed by atoms with E-state index < -0.39 is 0 Å². The van der Waals surface area contributed by atoms with Crippen LogP contribution in [-0.4, -0.2) is 13.2 Å². The van der Waals surface area contributed by atoms with E-state index in [2.05, 4.69) is 34.0 Å². The molecule has 1 aliphatic rings. The quantitative estimate of drug-likeness (QED) is 0.708. The summed E-state index contributed by atoms with van der Waals surface area (Å²) in [4.78, 5) is 0. The van der Waals surface area contributed by atoms with Gasteiger partial charge in [-0.05, 0) is 36.5 Å². The van der Waals surface area contributed by atoms with Gasteiger partial charge in [-0.2, -0.15) is 0 Å². The summed E-state index contributed by atoms with van der Waals surface area (Å²) in [6.45, 7) is 1.70. The van der Waals surface area contributed by atoms with Gasteiger partial charge in [-0.3, -0.25) is 0 Å². The molecule has 0 unspecified atom stereocenters. The average molecular weight is 265 g/mol. The molecule has 0 bridgehead atoms. The summed E-state index contributed by atoms with van der Waals surface area (Å²) in [7, 11) is 0. The Morgan fingerprint density at radius 2 is 2.07 bits per heavy atom. The van der Waals surface area contributed by atoms with Crippen LogP contribution < -0.4 is 0 Å². The van der Waals surface area contributed by atoms with Gasteiger partial charge < -0.3 is 4.74 Å². The lowest BCUT2D eigenvalue weighted by Gasteiger charge is -2.23. The van der Waals surface area contributed by atoms with Gasteiger partial charge >= 0.3 is 0 Å². The van der Waals surface area contributed by atoms with Gasteiger partial charge in [0.25, 0.3) is 0 Å². The molecule has 0 radical (unpaired) electrons. The Bertz CT molecular complexity index is 386. The number of halogens is 1. The molecule has 1 heterocycles. The predicted molar refractivity (Wildman–Crippen MR) is 64.9 cm³/mol. The number of ether oxygens (including phenoxy) is 1. The molecule has 15 heavy (non-hydrogen) atoms. The van der Waals surface area contributed by atoms with Crippen LogP contribution in [0.1, 0.15) is 29.9 Å². The highest BCUT2D eigenvalue weighted by atomic mass is 79.9. The van der Waals surface area contributed by atoms with E-state index in [9.17, 15) is 0 Å². The minimum atomic E-state index is 0.567. The fourth-order valence-electron chi connectivity index (χ4n) is 2.02. The summed E-state index contributed by atoms with van der Waals surface area (Å²) in [5.41, 5.74) is 2.31. The van der Waals surface area contributed by atoms with Crippen LogP contribution in [0.2, 0.25) is 0 Å². The summed E-state index contributed by atoms with van der Waals surface area (Å²) < 4.78 is 6.40. The van der Waals surface area contributed by atoms with Crippen LogP contribution in [0.3, 0.4) is 0 Å². The van der Waals surface area contributed by atoms with E-state index in [1.165, 1.54) is 5.56 Å². The SMILES string of the molecule is C#Cc1cc(Br)ccc1C1CCOCC1. The molecule has 1 aromatic rings. The van der Waals surface area contributed by atoms with Crippen molar-refractivity contribution in [2.75, 3.05) is 13.2 Å². The van der Waals surface area contributed by atoms with Gasteiger partial charge in [-0.15, -0.1) is 6.42 Å². The zero-order valence-electron chi connectivity index (χ0n) is 8.50. The van der Waals surface area contributed by atoms with Gasteiger partial charge in [0.1, 0.15) is 0 Å². The zero-order valence-corrected chi connectivity index (χ0v) is 10.1. The van der Waals surface area contributed by atoms with Crippen molar-refractivity contribution in [3.8, 4) is 12.3 Å². The summed E-state index contributed by atoms with van der Waals surface area (Å²) in [6, 6.07) is 6.21. The molecule has 0 aromatic heterocycles. The van der Waals surface area contributed by atoms with Crippen LogP contribution in [0, 0.1) is 12.3 Å². The lowest BCUT2D eigenvalue weighted by molar-refractivity contribution is 0.0853. The van der Waals surface area contributed by atoms with E-state index in [1.54, 1.807) is 0 Å². The zero-order chi connectivity index (χ0) is 10.7. The number of benzene rings is 1. The molecule has 0 amide bonds. The first kappa shape index (κ1) is 10.7. The van der Waals surface area contributed by atoms with E-state index in [4.69, 9.17) is 11.2 Å². The Morgan fingerprint density at radius 3 is 2.73 bits per heavy atom. The normalized spacial score (nSPS) is 17.3. The molecule has 0 N–H and O–H groups in total. The van der Waals surface area contributed by atoms with Crippen LogP contribution >= 0.6 is 15.9 Å². The topological polar surface area (TPSA) is 9.23 Å². The molecule has 78 valence electrons. The molecule has 1 nitrogen and oxygen atoms in total. The second-order valence-electron chi connectivity index (χ2n) is 3.76. The first-order valence-electron chi connectivity index (χ1n) is 5.15. The van der Waals surface area contributed by atoms with Gasteiger partial charge in [0.2, 0.25) is 0 Å². The molecule has 0 aliphatic carbocycles. The predicted octanol–water partition coefficient (Wildman–Crippen LogP) is 3.32. The minimum absolute atomic E-state index is 0.567. The molecule has 0 saturated carbocycles. The van der Waals surface area contributed by atoms with Crippen molar-refractivity contribution in [3.63, 3.8) is 0 Å². The smallest absolute Gasteiger partial charge is 0.0471 e. The Labute approximate surface area is 99.0 Å². The maximum Gasteiger partial charge on any atom is 0.0471 e. The van der Waals surface area contributed by atoms with Crippen molar-refractivity contribution in [3.05, 3.63) is 33.8 Å². The summed E-state index contributed by atoms with van der Waals surface area (Å²) in [6.07, 6.45) is 7.68. The maximum atomic E-state index is 5.52. The number of terminal acetylenes is 1. The molecule has 2 heteroatoms. The first-order valence-corrected chi connectivity index (χ1v) is 5.94. The van der Waals surface area contributed by atoms with Crippen LogP contribution in [0.25, 0.3) is 0 Å². The van der Waals surface area contributed by atoms with E-state index in [0.717, 1.165) is 36.1 Å². The molecule has 1 fully saturated rings. The van der Waals surface area contributed by atoms with Gasteiger partial charge in [0.05, 0.1) is 0 Å². The molecule has 1 aliphatic heterocycles. The highest BCUT2D eigenvalue weighted by Gasteiger charge is 2.18. The Hall–Kier alpha value is -0.780. The highest BCUT2D eigenvalue weighted by Crippen LogP contribution is 2.30. The molecular weight excluding hydrogens is 252 g/mol. The first-order chi connectivity index (χ1) is 7.31. The Morgan fingerprint density at radius 1 is 1.33 bits per heavy atom. The fraction of sp³-hybridized carbons (Fsp3) is 0.385. The van der Waals surface area contributed by atoms with Crippen LogP contribution in [0.4, 0.5) is 0 Å². The van der Waals surface area contributed by atoms with E-state index in [1.807, 2.05) is 6.07 Å². The molecule has 2 rings (SSSR count). The molecule has 1 saturated heterocycles. The standard InChI is InChI=1S/C13H13BrO/c1-2-10-9-12(14)3-4-13(10)11-5-7-15-8-6-11/h1,3-4,9,11H,5-8H2. The lowest BCUT2D eigenvalue weighted by Crippen LogP contribution is -2.15. The van der Waals surface area contributed by atoms with Crippen molar-refractivity contribution in [1.29, 1.82) is 0 Å². The second kappa shape index (κ2) is 4.83. The summed E-state index contributed by atoms with van der Waals surface area (Å²) in [5, 5.41) is 0. The van der Waals surface area contributed by atoms with E-state index >= 15 is 0 Å². The minimum Gasteiger partial charge on any atom is -0.381 e. The van der Waals surface area contributed by atoms with Crippen molar-refractivity contribution < 1.29 is 4.74 Å². The third-order valence-electron chi connectivity index (χ3n) is 2.83. The van der Waals surface area contributed by atoms with Crippen molar-refractivity contribution in [1.82, 2.24) is 0 Å². The number of rotatable bonds is 1. The van der Waals surface area contributed by atoms with Gasteiger partial charge in [0.15, 0.2) is 0 Å². The Kier molecular flexibility index (Phi) is 3.45. The van der Waals surface area contributed by atoms with Crippen LogP contribution in [0.15, 0.2) is 22.7 Å².